The molecule has 0 N–H and O–H groups in total. The molecule has 2 heteroatoms. The van der Waals surface area contributed by atoms with Gasteiger partial charge in [0.15, 0.2) is 0 Å². The minimum Gasteiger partial charge on any atom is -0.159 e. The molecule has 1 fully saturated rings. The van der Waals surface area contributed by atoms with Gasteiger partial charge in [-0.05, 0) is 32.7 Å². The molecule has 26 heavy (non-hydrogen) atoms. The van der Waals surface area contributed by atoms with E-state index < -0.39 is 0 Å². The molecule has 1 aliphatic heterocycles. The van der Waals surface area contributed by atoms with Gasteiger partial charge in [0.2, 0.25) is 0 Å². The molecule has 0 bridgehead atoms. The van der Waals surface area contributed by atoms with Crippen molar-refractivity contribution in [1.29, 1.82) is 0 Å². The second-order valence-electron chi connectivity index (χ2n) is 6.86. The first-order valence-corrected chi connectivity index (χ1v) is 11.2. The normalized spacial score (nSPS) is 20.5. The maximum Gasteiger partial charge on any atom is 0.0394 e. The highest BCUT2D eigenvalue weighted by Gasteiger charge is 2.25. The summed E-state index contributed by atoms with van der Waals surface area (Å²) in [6.07, 6.45) is 0. The summed E-state index contributed by atoms with van der Waals surface area (Å²) in [6, 6.07) is 31.3. The number of hydrogen-bond acceptors (Lipinski definition) is 2. The van der Waals surface area contributed by atoms with Crippen LogP contribution in [0.4, 0.5) is 0 Å². The molecule has 1 aliphatic rings. The molecule has 0 unspecified atom stereocenters. The van der Waals surface area contributed by atoms with Crippen molar-refractivity contribution in [2.45, 2.75) is 10.5 Å². The third kappa shape index (κ3) is 3.13. The van der Waals surface area contributed by atoms with E-state index in [9.17, 15) is 0 Å². The van der Waals surface area contributed by atoms with E-state index in [1.54, 1.807) is 0 Å². The van der Waals surface area contributed by atoms with E-state index in [0.29, 0.717) is 10.5 Å². The predicted molar refractivity (Wildman–Crippen MR) is 118 cm³/mol. The molecule has 1 heterocycles. The van der Waals surface area contributed by atoms with Crippen LogP contribution in [0.15, 0.2) is 84.9 Å². The zero-order valence-corrected chi connectivity index (χ0v) is 16.1. The van der Waals surface area contributed by atoms with Gasteiger partial charge in [0.25, 0.3) is 0 Å². The van der Waals surface area contributed by atoms with Crippen molar-refractivity contribution >= 4 is 45.1 Å². The summed E-state index contributed by atoms with van der Waals surface area (Å²) in [5, 5.41) is 6.49. The van der Waals surface area contributed by atoms with E-state index in [1.165, 1.54) is 44.2 Å². The second-order valence-corrected chi connectivity index (χ2v) is 9.35. The number of benzene rings is 4. The molecule has 0 saturated carbocycles. The van der Waals surface area contributed by atoms with E-state index in [0.717, 1.165) is 0 Å². The van der Waals surface area contributed by atoms with E-state index in [2.05, 4.69) is 108 Å². The summed E-state index contributed by atoms with van der Waals surface area (Å²) < 4.78 is 0. The molecule has 0 nitrogen and oxygen atoms in total. The van der Waals surface area contributed by atoms with Crippen molar-refractivity contribution in [3.63, 3.8) is 0 Å². The predicted octanol–water partition coefficient (Wildman–Crippen LogP) is 7.26. The van der Waals surface area contributed by atoms with Gasteiger partial charge < -0.3 is 0 Å². The Kier molecular flexibility index (Phi) is 4.40. The van der Waals surface area contributed by atoms with Crippen molar-refractivity contribution < 1.29 is 0 Å². The van der Waals surface area contributed by atoms with Crippen molar-refractivity contribution in [3.8, 4) is 0 Å². The number of fused-ring (bicyclic) bond motifs is 2. The van der Waals surface area contributed by atoms with Gasteiger partial charge in [0.05, 0.1) is 0 Å². The smallest absolute Gasteiger partial charge is 0.0394 e. The molecule has 5 rings (SSSR count). The summed E-state index contributed by atoms with van der Waals surface area (Å²) >= 11 is 4.22. The molecular formula is C24H20S2. The van der Waals surface area contributed by atoms with Crippen LogP contribution in [0.25, 0.3) is 21.5 Å². The summed E-state index contributed by atoms with van der Waals surface area (Å²) in [5.74, 6) is 2.40. The van der Waals surface area contributed by atoms with Crippen LogP contribution in [-0.2, 0) is 0 Å². The molecule has 0 amide bonds. The Morgan fingerprint density at radius 3 is 1.50 bits per heavy atom. The largest absolute Gasteiger partial charge is 0.159 e. The van der Waals surface area contributed by atoms with Crippen LogP contribution in [-0.4, -0.2) is 11.5 Å². The molecule has 0 aliphatic carbocycles. The fraction of sp³-hybridized carbons (Fsp3) is 0.167. The van der Waals surface area contributed by atoms with Gasteiger partial charge in [-0.2, -0.15) is 11.8 Å². The minimum atomic E-state index is 0.565. The minimum absolute atomic E-state index is 0.565. The molecule has 128 valence electrons. The number of rotatable bonds is 2. The maximum atomic E-state index is 2.39. The van der Waals surface area contributed by atoms with Gasteiger partial charge in [-0.1, -0.05) is 84.9 Å². The van der Waals surface area contributed by atoms with Crippen molar-refractivity contribution in [2.24, 2.45) is 0 Å². The summed E-state index contributed by atoms with van der Waals surface area (Å²) in [6.45, 7) is 0. The molecule has 0 aromatic heterocycles. The quantitative estimate of drug-likeness (QED) is 0.363. The first-order chi connectivity index (χ1) is 12.9. The molecule has 4 aromatic rings. The highest BCUT2D eigenvalue weighted by molar-refractivity contribution is 8.06. The zero-order chi connectivity index (χ0) is 17.3. The van der Waals surface area contributed by atoms with E-state index in [1.807, 2.05) is 0 Å². The topological polar surface area (TPSA) is 0 Å². The Bertz CT molecular complexity index is 984. The van der Waals surface area contributed by atoms with E-state index in [4.69, 9.17) is 0 Å². The lowest BCUT2D eigenvalue weighted by Crippen LogP contribution is -2.11. The van der Waals surface area contributed by atoms with Gasteiger partial charge >= 0.3 is 0 Å². The van der Waals surface area contributed by atoms with Crippen LogP contribution in [0.2, 0.25) is 0 Å². The molecule has 1 saturated heterocycles. The first kappa shape index (κ1) is 16.3. The first-order valence-electron chi connectivity index (χ1n) is 9.07. The van der Waals surface area contributed by atoms with Gasteiger partial charge in [-0.25, -0.2) is 0 Å². The fourth-order valence-electron chi connectivity index (χ4n) is 3.72. The van der Waals surface area contributed by atoms with E-state index >= 15 is 0 Å². The van der Waals surface area contributed by atoms with Gasteiger partial charge in [0.1, 0.15) is 0 Å². The lowest BCUT2D eigenvalue weighted by atomic mass is 10.1. The maximum absolute atomic E-state index is 2.39. The molecule has 0 spiro atoms. The third-order valence-electron chi connectivity index (χ3n) is 5.16. The summed E-state index contributed by atoms with van der Waals surface area (Å²) in [5.41, 5.74) is 2.93. The van der Waals surface area contributed by atoms with E-state index in [-0.39, 0.29) is 0 Å². The van der Waals surface area contributed by atoms with Crippen LogP contribution < -0.4 is 0 Å². The molecule has 0 radical (unpaired) electrons. The number of hydrogen-bond donors (Lipinski definition) is 0. The standard InChI is InChI=1S/C24H20S2/c1-3-7-19-13-21(11-9-17(19)5-1)23-15-25-16-24(26-23)22-12-10-18-6-2-4-8-20(18)14-22/h1-14,23-24H,15-16H2/t23-,24-/m0/s1. The lowest BCUT2D eigenvalue weighted by molar-refractivity contribution is 1.03. The van der Waals surface area contributed by atoms with Gasteiger partial charge in [-0.15, -0.1) is 11.8 Å². The summed E-state index contributed by atoms with van der Waals surface area (Å²) in [7, 11) is 0. The Hall–Kier alpha value is -1.90. The monoisotopic (exact) mass is 372 g/mol. The Balaban J connectivity index is 1.44. The summed E-state index contributed by atoms with van der Waals surface area (Å²) in [4.78, 5) is 0. The fourth-order valence-corrected chi connectivity index (χ4v) is 6.88. The zero-order valence-electron chi connectivity index (χ0n) is 14.5. The van der Waals surface area contributed by atoms with Crippen LogP contribution in [0.3, 0.4) is 0 Å². The van der Waals surface area contributed by atoms with Crippen LogP contribution in [0.5, 0.6) is 0 Å². The molecule has 2 atom stereocenters. The highest BCUT2D eigenvalue weighted by atomic mass is 32.2. The Labute approximate surface area is 163 Å². The Morgan fingerprint density at radius 2 is 1.00 bits per heavy atom. The molecule has 4 aromatic carbocycles. The molecular weight excluding hydrogens is 352 g/mol. The number of thioether (sulfide) groups is 2. The average molecular weight is 373 g/mol. The average Bonchev–Trinajstić information content (AvgIpc) is 2.73. The SMILES string of the molecule is c1ccc2cc([C@@H]3CSC[C@@H](c4ccc5ccccc5c4)S3)ccc2c1. The lowest BCUT2D eigenvalue weighted by Gasteiger charge is -2.29. The van der Waals surface area contributed by atoms with Crippen LogP contribution >= 0.6 is 23.5 Å². The van der Waals surface area contributed by atoms with Crippen molar-refractivity contribution in [3.05, 3.63) is 96.1 Å². The van der Waals surface area contributed by atoms with Crippen molar-refractivity contribution in [2.75, 3.05) is 11.5 Å². The highest BCUT2D eigenvalue weighted by Crippen LogP contribution is 2.48. The second kappa shape index (κ2) is 7.02. The van der Waals surface area contributed by atoms with Crippen molar-refractivity contribution in [1.82, 2.24) is 0 Å². The van der Waals surface area contributed by atoms with Gasteiger partial charge in [-0.3, -0.25) is 0 Å². The third-order valence-corrected chi connectivity index (χ3v) is 8.25. The van der Waals surface area contributed by atoms with Crippen LogP contribution in [0, 0.1) is 0 Å². The van der Waals surface area contributed by atoms with Gasteiger partial charge in [0, 0.05) is 22.0 Å². The van der Waals surface area contributed by atoms with Crippen LogP contribution in [0.1, 0.15) is 21.6 Å². The Morgan fingerprint density at radius 1 is 0.538 bits per heavy atom.